The molecule has 2 aromatic rings. The number of carbonyl (C=O) groups excluding carboxylic acids is 1. The van der Waals surface area contributed by atoms with Gasteiger partial charge in [0.25, 0.3) is 5.91 Å². The minimum atomic E-state index is -0.981. The number of aromatic nitrogens is 1. The molecule has 1 aliphatic rings. The zero-order chi connectivity index (χ0) is 16.2. The molecule has 1 amide bonds. The first kappa shape index (κ1) is 15.2. The van der Waals surface area contributed by atoms with Gasteiger partial charge in [-0.05, 0) is 43.5 Å². The highest BCUT2D eigenvalue weighted by molar-refractivity contribution is 5.95. The molecule has 1 saturated heterocycles. The Hall–Kier alpha value is -2.69. The van der Waals surface area contributed by atoms with Gasteiger partial charge in [-0.15, -0.1) is 0 Å². The van der Waals surface area contributed by atoms with E-state index in [1.807, 2.05) is 17.0 Å². The summed E-state index contributed by atoms with van der Waals surface area (Å²) in [5.74, 6) is -0.922. The Labute approximate surface area is 134 Å². The molecule has 0 unspecified atom stereocenters. The number of likely N-dealkylation sites (tertiary alicyclic amines) is 1. The van der Waals surface area contributed by atoms with E-state index in [2.05, 4.69) is 4.98 Å². The van der Waals surface area contributed by atoms with Crippen molar-refractivity contribution in [2.24, 2.45) is 0 Å². The maximum atomic E-state index is 12.4. The lowest BCUT2D eigenvalue weighted by molar-refractivity contribution is 0.0694. The number of nitrogens with zero attached hydrogens (tertiary/aromatic N) is 2. The molecule has 3 rings (SSSR count). The van der Waals surface area contributed by atoms with Crippen molar-refractivity contribution in [1.82, 2.24) is 9.88 Å². The normalized spacial score (nSPS) is 14.5. The number of carboxylic acid groups (broad SMARTS) is 1. The maximum Gasteiger partial charge on any atom is 0.335 e. The third-order valence-electron chi connectivity index (χ3n) is 4.08. The Kier molecular flexibility index (Phi) is 4.37. The number of aromatic carboxylic acids is 1. The van der Waals surface area contributed by atoms with Gasteiger partial charge in [0, 0.05) is 30.4 Å². The van der Waals surface area contributed by atoms with Crippen LogP contribution in [0.4, 0.5) is 0 Å². The molecule has 118 valence electrons. The Bertz CT molecular complexity index is 719. The van der Waals surface area contributed by atoms with Crippen LogP contribution in [-0.2, 0) is 0 Å². The molecule has 0 bridgehead atoms. The Morgan fingerprint density at radius 3 is 2.30 bits per heavy atom. The summed E-state index contributed by atoms with van der Waals surface area (Å²) in [6.07, 6.45) is 4.80. The number of hydrogen-bond acceptors (Lipinski definition) is 3. The zero-order valence-electron chi connectivity index (χ0n) is 12.7. The van der Waals surface area contributed by atoms with Crippen molar-refractivity contribution in [3.05, 3.63) is 53.7 Å². The van der Waals surface area contributed by atoms with E-state index in [1.165, 1.54) is 24.8 Å². The first-order chi connectivity index (χ1) is 11.1. The molecule has 23 heavy (non-hydrogen) atoms. The minimum absolute atomic E-state index is 0.0588. The predicted molar refractivity (Wildman–Crippen MR) is 86.4 cm³/mol. The highest BCUT2D eigenvalue weighted by atomic mass is 16.4. The molecule has 5 nitrogen and oxygen atoms in total. The van der Waals surface area contributed by atoms with Crippen molar-refractivity contribution in [2.75, 3.05) is 13.1 Å². The summed E-state index contributed by atoms with van der Waals surface area (Å²) >= 11 is 0. The Morgan fingerprint density at radius 2 is 1.65 bits per heavy atom. The van der Waals surface area contributed by atoms with Gasteiger partial charge in [-0.3, -0.25) is 9.78 Å². The number of piperidine rings is 1. The van der Waals surface area contributed by atoms with E-state index in [-0.39, 0.29) is 11.5 Å². The molecule has 0 radical (unpaired) electrons. The number of carbonyl (C=O) groups is 2. The minimum Gasteiger partial charge on any atom is -0.478 e. The summed E-state index contributed by atoms with van der Waals surface area (Å²) in [7, 11) is 0. The second-order valence-electron chi connectivity index (χ2n) is 5.67. The topological polar surface area (TPSA) is 70.5 Å². The van der Waals surface area contributed by atoms with Crippen LogP contribution in [-0.4, -0.2) is 40.0 Å². The Morgan fingerprint density at radius 1 is 0.957 bits per heavy atom. The SMILES string of the molecule is O=C(O)c1ccnc(-c2ccc(C(=O)N3CCCCC3)cc2)c1. The molecular weight excluding hydrogens is 292 g/mol. The Balaban J connectivity index is 1.80. The van der Waals surface area contributed by atoms with Crippen LogP contribution < -0.4 is 0 Å². The monoisotopic (exact) mass is 310 g/mol. The van der Waals surface area contributed by atoms with E-state index in [9.17, 15) is 9.59 Å². The summed E-state index contributed by atoms with van der Waals surface area (Å²) in [5.41, 5.74) is 2.23. The molecule has 5 heteroatoms. The van der Waals surface area contributed by atoms with Gasteiger partial charge < -0.3 is 10.0 Å². The van der Waals surface area contributed by atoms with Crippen LogP contribution in [0.25, 0.3) is 11.3 Å². The fraction of sp³-hybridized carbons (Fsp3) is 0.278. The second kappa shape index (κ2) is 6.60. The summed E-state index contributed by atoms with van der Waals surface area (Å²) in [5, 5.41) is 9.04. The van der Waals surface area contributed by atoms with Crippen molar-refractivity contribution >= 4 is 11.9 Å². The number of hydrogen-bond donors (Lipinski definition) is 1. The summed E-state index contributed by atoms with van der Waals surface area (Å²) < 4.78 is 0. The van der Waals surface area contributed by atoms with Gasteiger partial charge in [0.2, 0.25) is 0 Å². The lowest BCUT2D eigenvalue weighted by atomic mass is 10.0. The van der Waals surface area contributed by atoms with Crippen LogP contribution in [0.1, 0.15) is 40.0 Å². The van der Waals surface area contributed by atoms with Crippen LogP contribution in [0.15, 0.2) is 42.6 Å². The number of amides is 1. The first-order valence-corrected chi connectivity index (χ1v) is 7.74. The van der Waals surface area contributed by atoms with Crippen LogP contribution in [0, 0.1) is 0 Å². The van der Waals surface area contributed by atoms with Crippen molar-refractivity contribution in [3.63, 3.8) is 0 Å². The van der Waals surface area contributed by atoms with E-state index in [0.717, 1.165) is 31.5 Å². The number of carboxylic acids is 1. The zero-order valence-corrected chi connectivity index (χ0v) is 12.7. The molecule has 0 atom stereocenters. The van der Waals surface area contributed by atoms with Crippen LogP contribution in [0.2, 0.25) is 0 Å². The van der Waals surface area contributed by atoms with Crippen molar-refractivity contribution in [3.8, 4) is 11.3 Å². The van der Waals surface area contributed by atoms with Crippen LogP contribution >= 0.6 is 0 Å². The number of rotatable bonds is 3. The molecule has 1 N–H and O–H groups in total. The van der Waals surface area contributed by atoms with Crippen molar-refractivity contribution in [1.29, 1.82) is 0 Å². The average Bonchev–Trinajstić information content (AvgIpc) is 2.62. The van der Waals surface area contributed by atoms with Gasteiger partial charge in [0.15, 0.2) is 0 Å². The first-order valence-electron chi connectivity index (χ1n) is 7.74. The van der Waals surface area contributed by atoms with Crippen molar-refractivity contribution in [2.45, 2.75) is 19.3 Å². The second-order valence-corrected chi connectivity index (χ2v) is 5.67. The summed E-state index contributed by atoms with van der Waals surface area (Å²) in [6, 6.07) is 10.2. The molecule has 1 aromatic carbocycles. The van der Waals surface area contributed by atoms with E-state index in [0.29, 0.717) is 11.3 Å². The third-order valence-corrected chi connectivity index (χ3v) is 4.08. The standard InChI is InChI=1S/C18H18N2O3/c21-17(20-10-2-1-3-11-20)14-6-4-13(5-7-14)16-12-15(18(22)23)8-9-19-16/h4-9,12H,1-3,10-11H2,(H,22,23). The highest BCUT2D eigenvalue weighted by Gasteiger charge is 2.18. The fourth-order valence-corrected chi connectivity index (χ4v) is 2.78. The largest absolute Gasteiger partial charge is 0.478 e. The summed E-state index contributed by atoms with van der Waals surface area (Å²) in [4.78, 5) is 29.5. The van der Waals surface area contributed by atoms with E-state index in [1.54, 1.807) is 12.1 Å². The molecule has 1 fully saturated rings. The number of benzene rings is 1. The third kappa shape index (κ3) is 3.39. The van der Waals surface area contributed by atoms with Gasteiger partial charge in [0.1, 0.15) is 0 Å². The average molecular weight is 310 g/mol. The summed E-state index contributed by atoms with van der Waals surface area (Å²) in [6.45, 7) is 1.64. The van der Waals surface area contributed by atoms with E-state index < -0.39 is 5.97 Å². The highest BCUT2D eigenvalue weighted by Crippen LogP contribution is 2.20. The van der Waals surface area contributed by atoms with Gasteiger partial charge in [-0.25, -0.2) is 4.79 Å². The molecule has 1 aromatic heterocycles. The quantitative estimate of drug-likeness (QED) is 0.946. The number of pyridine rings is 1. The van der Waals surface area contributed by atoms with Gasteiger partial charge in [-0.2, -0.15) is 0 Å². The molecular formula is C18H18N2O3. The van der Waals surface area contributed by atoms with Gasteiger partial charge in [0.05, 0.1) is 11.3 Å². The molecule has 0 aliphatic carbocycles. The molecule has 2 heterocycles. The lowest BCUT2D eigenvalue weighted by Gasteiger charge is -2.26. The molecule has 0 saturated carbocycles. The maximum absolute atomic E-state index is 12.4. The molecule has 0 spiro atoms. The predicted octanol–water partition coefficient (Wildman–Crippen LogP) is 3.07. The fourth-order valence-electron chi connectivity index (χ4n) is 2.78. The molecule has 1 aliphatic heterocycles. The van der Waals surface area contributed by atoms with E-state index in [4.69, 9.17) is 5.11 Å². The van der Waals surface area contributed by atoms with E-state index >= 15 is 0 Å². The van der Waals surface area contributed by atoms with Gasteiger partial charge in [-0.1, -0.05) is 12.1 Å². The smallest absolute Gasteiger partial charge is 0.335 e. The van der Waals surface area contributed by atoms with Crippen LogP contribution in [0.3, 0.4) is 0 Å². The van der Waals surface area contributed by atoms with Crippen LogP contribution in [0.5, 0.6) is 0 Å². The lowest BCUT2D eigenvalue weighted by Crippen LogP contribution is -2.35. The van der Waals surface area contributed by atoms with Crippen molar-refractivity contribution < 1.29 is 14.7 Å². The van der Waals surface area contributed by atoms with Gasteiger partial charge >= 0.3 is 5.97 Å².